The molecule has 0 saturated heterocycles. The van der Waals surface area contributed by atoms with E-state index in [2.05, 4.69) is 15.6 Å². The fourth-order valence-corrected chi connectivity index (χ4v) is 3.21. The van der Waals surface area contributed by atoms with E-state index in [-0.39, 0.29) is 17.6 Å². The molecular formula is C18H25N3O2S. The minimum absolute atomic E-state index is 0.155. The fourth-order valence-electron chi connectivity index (χ4n) is 2.59. The van der Waals surface area contributed by atoms with Crippen molar-refractivity contribution in [2.75, 3.05) is 11.9 Å². The van der Waals surface area contributed by atoms with Crippen LogP contribution in [0.1, 0.15) is 32.2 Å². The number of nitrogens with one attached hydrogen (secondary N) is 2. The van der Waals surface area contributed by atoms with Gasteiger partial charge in [-0.05, 0) is 37.8 Å². The molecule has 6 heteroatoms. The van der Waals surface area contributed by atoms with Gasteiger partial charge in [0.2, 0.25) is 0 Å². The van der Waals surface area contributed by atoms with Crippen LogP contribution in [0.2, 0.25) is 0 Å². The molecule has 1 heterocycles. The highest BCUT2D eigenvalue weighted by Gasteiger charge is 2.21. The van der Waals surface area contributed by atoms with Crippen molar-refractivity contribution in [2.45, 2.75) is 40.2 Å². The molecule has 2 amide bonds. The number of aryl methyl sites for hydroxylation is 1. The Balaban J connectivity index is 1.88. The van der Waals surface area contributed by atoms with Crippen molar-refractivity contribution in [3.63, 3.8) is 0 Å². The molecule has 2 rings (SSSR count). The molecule has 0 spiro atoms. The fraction of sp³-hybridized carbons (Fsp3) is 0.444. The third-order valence-electron chi connectivity index (χ3n) is 3.63. The highest BCUT2D eigenvalue weighted by atomic mass is 32.1. The van der Waals surface area contributed by atoms with Crippen LogP contribution < -0.4 is 10.6 Å². The number of hydrogen-bond acceptors (Lipinski definition) is 4. The second-order valence-corrected chi connectivity index (χ2v) is 7.92. The predicted octanol–water partition coefficient (Wildman–Crippen LogP) is 4.04. The largest absolute Gasteiger partial charge is 0.393 e. The van der Waals surface area contributed by atoms with Crippen LogP contribution in [-0.4, -0.2) is 28.8 Å². The average Bonchev–Trinajstić information content (AvgIpc) is 2.91. The summed E-state index contributed by atoms with van der Waals surface area (Å²) in [4.78, 5) is 16.5. The molecule has 130 valence electrons. The first-order valence-electron chi connectivity index (χ1n) is 8.01. The molecule has 0 bridgehead atoms. The minimum atomic E-state index is -0.383. The summed E-state index contributed by atoms with van der Waals surface area (Å²) in [5.41, 5.74) is 2.56. The van der Waals surface area contributed by atoms with E-state index in [0.717, 1.165) is 22.0 Å². The lowest BCUT2D eigenvalue weighted by molar-refractivity contribution is 0.129. The Morgan fingerprint density at radius 2 is 2.00 bits per heavy atom. The van der Waals surface area contributed by atoms with E-state index in [9.17, 15) is 9.90 Å². The van der Waals surface area contributed by atoms with Gasteiger partial charge in [0.25, 0.3) is 0 Å². The SMILES string of the molecule is Cc1nc(-c2ccc(NC(=O)NCC(C)(C)C[C@@H](C)O)cc2)cs1. The Morgan fingerprint density at radius 1 is 1.33 bits per heavy atom. The summed E-state index contributed by atoms with van der Waals surface area (Å²) in [6.07, 6.45) is 0.251. The molecule has 1 aromatic carbocycles. The van der Waals surface area contributed by atoms with Gasteiger partial charge in [0.1, 0.15) is 0 Å². The van der Waals surface area contributed by atoms with E-state index >= 15 is 0 Å². The highest BCUT2D eigenvalue weighted by Crippen LogP contribution is 2.23. The van der Waals surface area contributed by atoms with Crippen molar-refractivity contribution in [3.8, 4) is 11.3 Å². The van der Waals surface area contributed by atoms with Crippen LogP contribution in [0.4, 0.5) is 10.5 Å². The topological polar surface area (TPSA) is 74.2 Å². The number of amides is 2. The van der Waals surface area contributed by atoms with Crippen LogP contribution in [0.3, 0.4) is 0 Å². The van der Waals surface area contributed by atoms with E-state index in [4.69, 9.17) is 0 Å². The number of hydrogen-bond donors (Lipinski definition) is 3. The number of aliphatic hydroxyl groups excluding tert-OH is 1. The number of nitrogens with zero attached hydrogens (tertiary/aromatic N) is 1. The summed E-state index contributed by atoms with van der Waals surface area (Å²) in [6.45, 7) is 8.27. The number of benzene rings is 1. The Labute approximate surface area is 147 Å². The van der Waals surface area contributed by atoms with Crippen molar-refractivity contribution < 1.29 is 9.90 Å². The third kappa shape index (κ3) is 5.62. The van der Waals surface area contributed by atoms with Gasteiger partial charge in [0.15, 0.2) is 0 Å². The monoisotopic (exact) mass is 347 g/mol. The van der Waals surface area contributed by atoms with Gasteiger partial charge in [0, 0.05) is 23.2 Å². The first-order valence-corrected chi connectivity index (χ1v) is 8.89. The number of rotatable bonds is 6. The van der Waals surface area contributed by atoms with Gasteiger partial charge in [-0.2, -0.15) is 0 Å². The van der Waals surface area contributed by atoms with E-state index in [1.807, 2.05) is 50.4 Å². The Hall–Kier alpha value is -1.92. The number of aromatic nitrogens is 1. The van der Waals surface area contributed by atoms with Gasteiger partial charge >= 0.3 is 6.03 Å². The molecule has 5 nitrogen and oxygen atoms in total. The molecule has 1 atom stereocenters. The van der Waals surface area contributed by atoms with Gasteiger partial charge in [0.05, 0.1) is 16.8 Å². The molecule has 0 radical (unpaired) electrons. The maximum Gasteiger partial charge on any atom is 0.319 e. The van der Waals surface area contributed by atoms with E-state index < -0.39 is 0 Å². The third-order valence-corrected chi connectivity index (χ3v) is 4.41. The Morgan fingerprint density at radius 3 is 2.54 bits per heavy atom. The lowest BCUT2D eigenvalue weighted by atomic mass is 9.87. The molecule has 1 aromatic heterocycles. The van der Waals surface area contributed by atoms with Gasteiger partial charge in [-0.1, -0.05) is 26.0 Å². The standard InChI is InChI=1S/C18H25N3O2S/c1-12(22)9-18(3,4)11-19-17(23)21-15-7-5-14(6-8-15)16-10-24-13(2)20-16/h5-8,10,12,22H,9,11H2,1-4H3,(H2,19,21,23)/t12-/m1/s1. The summed E-state index contributed by atoms with van der Waals surface area (Å²) in [7, 11) is 0. The minimum Gasteiger partial charge on any atom is -0.393 e. The molecule has 0 aliphatic heterocycles. The summed E-state index contributed by atoms with van der Waals surface area (Å²) in [5, 5.41) is 18.2. The number of urea groups is 1. The molecule has 0 aliphatic rings. The van der Waals surface area contributed by atoms with Crippen molar-refractivity contribution in [1.29, 1.82) is 0 Å². The normalized spacial score (nSPS) is 12.7. The highest BCUT2D eigenvalue weighted by molar-refractivity contribution is 7.09. The quantitative estimate of drug-likeness (QED) is 0.738. The second-order valence-electron chi connectivity index (χ2n) is 6.85. The van der Waals surface area contributed by atoms with E-state index in [1.165, 1.54) is 0 Å². The number of carbonyl (C=O) groups excluding carboxylic acids is 1. The van der Waals surface area contributed by atoms with Crippen LogP contribution in [-0.2, 0) is 0 Å². The number of carbonyl (C=O) groups is 1. The predicted molar refractivity (Wildman–Crippen MR) is 99.4 cm³/mol. The molecular weight excluding hydrogens is 322 g/mol. The van der Waals surface area contributed by atoms with E-state index in [0.29, 0.717) is 13.0 Å². The molecule has 0 aliphatic carbocycles. The first-order chi connectivity index (χ1) is 11.2. The zero-order chi connectivity index (χ0) is 17.7. The molecule has 0 fully saturated rings. The van der Waals surface area contributed by atoms with Gasteiger partial charge in [-0.3, -0.25) is 0 Å². The van der Waals surface area contributed by atoms with Crippen LogP contribution in [0.5, 0.6) is 0 Å². The van der Waals surface area contributed by atoms with Crippen molar-refractivity contribution in [3.05, 3.63) is 34.7 Å². The summed E-state index contributed by atoms with van der Waals surface area (Å²) < 4.78 is 0. The van der Waals surface area contributed by atoms with Crippen LogP contribution in [0.15, 0.2) is 29.6 Å². The molecule has 3 N–H and O–H groups in total. The van der Waals surface area contributed by atoms with E-state index in [1.54, 1.807) is 18.3 Å². The lowest BCUT2D eigenvalue weighted by Crippen LogP contribution is -2.38. The molecule has 0 saturated carbocycles. The number of anilines is 1. The van der Waals surface area contributed by atoms with Gasteiger partial charge < -0.3 is 15.7 Å². The van der Waals surface area contributed by atoms with Crippen molar-refractivity contribution in [2.24, 2.45) is 5.41 Å². The Bertz CT molecular complexity index is 678. The first kappa shape index (κ1) is 18.4. The van der Waals surface area contributed by atoms with Gasteiger partial charge in [-0.15, -0.1) is 11.3 Å². The maximum atomic E-state index is 12.0. The smallest absolute Gasteiger partial charge is 0.319 e. The summed E-state index contributed by atoms with van der Waals surface area (Å²) in [5.74, 6) is 0. The summed E-state index contributed by atoms with van der Waals surface area (Å²) >= 11 is 1.62. The number of aliphatic hydroxyl groups is 1. The van der Waals surface area contributed by atoms with Crippen LogP contribution in [0.25, 0.3) is 11.3 Å². The van der Waals surface area contributed by atoms with Crippen molar-refractivity contribution >= 4 is 23.1 Å². The van der Waals surface area contributed by atoms with Crippen LogP contribution >= 0.6 is 11.3 Å². The lowest BCUT2D eigenvalue weighted by Gasteiger charge is -2.26. The molecule has 0 unspecified atom stereocenters. The van der Waals surface area contributed by atoms with Crippen molar-refractivity contribution in [1.82, 2.24) is 10.3 Å². The number of thiazole rings is 1. The van der Waals surface area contributed by atoms with Gasteiger partial charge in [-0.25, -0.2) is 9.78 Å². The zero-order valence-electron chi connectivity index (χ0n) is 14.6. The molecule has 24 heavy (non-hydrogen) atoms. The maximum absolute atomic E-state index is 12.0. The summed E-state index contributed by atoms with van der Waals surface area (Å²) in [6, 6.07) is 7.38. The Kier molecular flexibility index (Phi) is 5.96. The zero-order valence-corrected chi connectivity index (χ0v) is 15.4. The molecule has 2 aromatic rings. The average molecular weight is 347 g/mol. The second kappa shape index (κ2) is 7.77. The van der Waals surface area contributed by atoms with Crippen LogP contribution in [0, 0.1) is 12.3 Å².